The van der Waals surface area contributed by atoms with Crippen molar-refractivity contribution in [2.75, 3.05) is 13.2 Å². The molecule has 0 saturated carbocycles. The van der Waals surface area contributed by atoms with Crippen LogP contribution in [0.3, 0.4) is 0 Å². The van der Waals surface area contributed by atoms with E-state index in [-0.39, 0.29) is 11.3 Å². The first-order chi connectivity index (χ1) is 6.09. The van der Waals surface area contributed by atoms with Gasteiger partial charge in [-0.25, -0.2) is 0 Å². The van der Waals surface area contributed by atoms with Gasteiger partial charge in [0.1, 0.15) is 0 Å². The summed E-state index contributed by atoms with van der Waals surface area (Å²) < 4.78 is 5.18. The fourth-order valence-electron chi connectivity index (χ4n) is 2.02. The highest BCUT2D eigenvalue weighted by Gasteiger charge is 2.39. The van der Waals surface area contributed by atoms with Gasteiger partial charge in [0.2, 0.25) is 0 Å². The van der Waals surface area contributed by atoms with Crippen molar-refractivity contribution in [3.8, 4) is 0 Å². The largest absolute Gasteiger partial charge is 0.481 e. The summed E-state index contributed by atoms with van der Waals surface area (Å²) in [5.41, 5.74) is 0.173. The Morgan fingerprint density at radius 2 is 2.23 bits per heavy atom. The highest BCUT2D eigenvalue weighted by atomic mass is 16.5. The monoisotopic (exact) mass is 186 g/mol. The van der Waals surface area contributed by atoms with Crippen molar-refractivity contribution in [1.29, 1.82) is 0 Å². The van der Waals surface area contributed by atoms with Crippen LogP contribution in [-0.4, -0.2) is 24.3 Å². The molecular formula is C10H18O3. The number of ether oxygens (including phenoxy) is 1. The fraction of sp³-hybridized carbons (Fsp3) is 0.900. The second-order valence-corrected chi connectivity index (χ2v) is 4.19. The number of carboxylic acid groups (broad SMARTS) is 1. The van der Waals surface area contributed by atoms with E-state index in [0.717, 1.165) is 32.5 Å². The van der Waals surface area contributed by atoms with Crippen LogP contribution in [0, 0.1) is 11.3 Å². The average Bonchev–Trinajstić information content (AvgIpc) is 2.00. The Balaban J connectivity index is 2.43. The number of rotatable bonds is 5. The Hall–Kier alpha value is -0.570. The molecule has 0 aromatic heterocycles. The summed E-state index contributed by atoms with van der Waals surface area (Å²) in [4.78, 5) is 10.7. The van der Waals surface area contributed by atoms with E-state index >= 15 is 0 Å². The fourth-order valence-corrected chi connectivity index (χ4v) is 2.02. The second-order valence-electron chi connectivity index (χ2n) is 4.19. The van der Waals surface area contributed by atoms with Gasteiger partial charge in [0.25, 0.3) is 0 Å². The molecule has 1 atom stereocenters. The van der Waals surface area contributed by atoms with E-state index < -0.39 is 5.97 Å². The number of hydrogen-bond donors (Lipinski definition) is 1. The quantitative estimate of drug-likeness (QED) is 0.713. The molecule has 76 valence electrons. The standard InChI is InChI=1S/C10H18O3/c1-3-4-10(6-13-7-10)5-8(2)9(11)12/h8H,3-7H2,1-2H3,(H,11,12). The minimum absolute atomic E-state index is 0.173. The molecule has 0 bridgehead atoms. The van der Waals surface area contributed by atoms with Gasteiger partial charge in [-0.05, 0) is 12.8 Å². The third-order valence-electron chi connectivity index (χ3n) is 2.76. The lowest BCUT2D eigenvalue weighted by Gasteiger charge is -2.42. The molecule has 0 radical (unpaired) electrons. The molecule has 1 heterocycles. The zero-order valence-corrected chi connectivity index (χ0v) is 8.38. The molecule has 1 saturated heterocycles. The third-order valence-corrected chi connectivity index (χ3v) is 2.76. The van der Waals surface area contributed by atoms with Crippen molar-refractivity contribution in [3.05, 3.63) is 0 Å². The van der Waals surface area contributed by atoms with Crippen LogP contribution in [0.5, 0.6) is 0 Å². The number of aliphatic carboxylic acids is 1. The molecule has 13 heavy (non-hydrogen) atoms. The van der Waals surface area contributed by atoms with Crippen molar-refractivity contribution >= 4 is 5.97 Å². The van der Waals surface area contributed by atoms with Gasteiger partial charge in [-0.1, -0.05) is 20.3 Å². The molecule has 3 heteroatoms. The van der Waals surface area contributed by atoms with Crippen LogP contribution in [-0.2, 0) is 9.53 Å². The van der Waals surface area contributed by atoms with Crippen molar-refractivity contribution in [1.82, 2.24) is 0 Å². The van der Waals surface area contributed by atoms with E-state index in [1.807, 2.05) is 0 Å². The highest BCUT2D eigenvalue weighted by Crippen LogP contribution is 2.38. The lowest BCUT2D eigenvalue weighted by Crippen LogP contribution is -2.44. The SMILES string of the molecule is CCCC1(CC(C)C(=O)O)COC1. The van der Waals surface area contributed by atoms with E-state index in [4.69, 9.17) is 9.84 Å². The Morgan fingerprint density at radius 3 is 2.54 bits per heavy atom. The summed E-state index contributed by atoms with van der Waals surface area (Å²) >= 11 is 0. The van der Waals surface area contributed by atoms with Gasteiger partial charge < -0.3 is 9.84 Å². The van der Waals surface area contributed by atoms with E-state index in [0.29, 0.717) is 0 Å². The summed E-state index contributed by atoms with van der Waals surface area (Å²) in [6.07, 6.45) is 2.95. The molecule has 0 aliphatic carbocycles. The minimum atomic E-state index is -0.692. The summed E-state index contributed by atoms with van der Waals surface area (Å²) in [5, 5.41) is 8.79. The Labute approximate surface area is 79.1 Å². The van der Waals surface area contributed by atoms with E-state index in [2.05, 4.69) is 6.92 Å². The van der Waals surface area contributed by atoms with Crippen LogP contribution in [0.4, 0.5) is 0 Å². The topological polar surface area (TPSA) is 46.5 Å². The molecule has 1 unspecified atom stereocenters. The van der Waals surface area contributed by atoms with Gasteiger partial charge in [0.05, 0.1) is 19.1 Å². The highest BCUT2D eigenvalue weighted by molar-refractivity contribution is 5.69. The average molecular weight is 186 g/mol. The lowest BCUT2D eigenvalue weighted by atomic mass is 9.75. The molecule has 1 aliphatic rings. The van der Waals surface area contributed by atoms with Crippen molar-refractivity contribution in [2.24, 2.45) is 11.3 Å². The Bertz CT molecular complexity index is 185. The van der Waals surface area contributed by atoms with Gasteiger partial charge in [-0.3, -0.25) is 4.79 Å². The van der Waals surface area contributed by atoms with E-state index in [1.165, 1.54) is 0 Å². The van der Waals surface area contributed by atoms with Crippen molar-refractivity contribution in [3.63, 3.8) is 0 Å². The first-order valence-electron chi connectivity index (χ1n) is 4.90. The van der Waals surface area contributed by atoms with Crippen LogP contribution >= 0.6 is 0 Å². The summed E-state index contributed by atoms with van der Waals surface area (Å²) in [5.74, 6) is -0.933. The van der Waals surface area contributed by atoms with Crippen molar-refractivity contribution < 1.29 is 14.6 Å². The summed E-state index contributed by atoms with van der Waals surface area (Å²) in [7, 11) is 0. The van der Waals surface area contributed by atoms with Gasteiger partial charge in [0, 0.05) is 5.41 Å². The molecule has 1 aliphatic heterocycles. The summed E-state index contributed by atoms with van der Waals surface area (Å²) in [6.45, 7) is 5.40. The van der Waals surface area contributed by atoms with Gasteiger partial charge >= 0.3 is 5.97 Å². The summed E-state index contributed by atoms with van der Waals surface area (Å²) in [6, 6.07) is 0. The van der Waals surface area contributed by atoms with Crippen LogP contribution in [0.2, 0.25) is 0 Å². The number of carboxylic acids is 1. The Kier molecular flexibility index (Phi) is 3.31. The molecule has 1 rings (SSSR count). The maximum absolute atomic E-state index is 10.7. The molecule has 0 aromatic carbocycles. The van der Waals surface area contributed by atoms with Crippen LogP contribution in [0.1, 0.15) is 33.1 Å². The predicted octanol–water partition coefficient (Wildman–Crippen LogP) is 1.91. The minimum Gasteiger partial charge on any atom is -0.481 e. The Morgan fingerprint density at radius 1 is 1.62 bits per heavy atom. The van der Waals surface area contributed by atoms with Crippen molar-refractivity contribution in [2.45, 2.75) is 33.1 Å². The second kappa shape index (κ2) is 4.09. The van der Waals surface area contributed by atoms with E-state index in [1.54, 1.807) is 6.92 Å². The van der Waals surface area contributed by atoms with Crippen LogP contribution < -0.4 is 0 Å². The molecule has 3 nitrogen and oxygen atoms in total. The maximum Gasteiger partial charge on any atom is 0.306 e. The zero-order chi connectivity index (χ0) is 9.90. The number of carbonyl (C=O) groups is 1. The first kappa shape index (κ1) is 10.5. The molecule has 0 amide bonds. The van der Waals surface area contributed by atoms with Crippen LogP contribution in [0.25, 0.3) is 0 Å². The molecule has 1 N–H and O–H groups in total. The van der Waals surface area contributed by atoms with Crippen LogP contribution in [0.15, 0.2) is 0 Å². The normalized spacial score (nSPS) is 22.0. The van der Waals surface area contributed by atoms with Gasteiger partial charge in [-0.15, -0.1) is 0 Å². The molecular weight excluding hydrogens is 168 g/mol. The molecule has 0 aromatic rings. The zero-order valence-electron chi connectivity index (χ0n) is 8.38. The number of hydrogen-bond acceptors (Lipinski definition) is 2. The van der Waals surface area contributed by atoms with Gasteiger partial charge in [0.15, 0.2) is 0 Å². The maximum atomic E-state index is 10.7. The third kappa shape index (κ3) is 2.44. The first-order valence-corrected chi connectivity index (χ1v) is 4.90. The smallest absolute Gasteiger partial charge is 0.306 e. The molecule has 1 fully saturated rings. The van der Waals surface area contributed by atoms with E-state index in [9.17, 15) is 4.79 Å². The van der Waals surface area contributed by atoms with Gasteiger partial charge in [-0.2, -0.15) is 0 Å². The predicted molar refractivity (Wildman–Crippen MR) is 49.6 cm³/mol. The lowest BCUT2D eigenvalue weighted by molar-refractivity contribution is -0.152. The molecule has 0 spiro atoms.